The number of nitro groups is 1. The Morgan fingerprint density at radius 3 is 2.46 bits per heavy atom. The Morgan fingerprint density at radius 1 is 1.21 bits per heavy atom. The van der Waals surface area contributed by atoms with Gasteiger partial charge in [0.25, 0.3) is 11.6 Å². The van der Waals surface area contributed by atoms with Crippen molar-refractivity contribution in [2.75, 3.05) is 5.32 Å². The lowest BCUT2D eigenvalue weighted by atomic mass is 10.2. The standard InChI is InChI=1S/C16H13ClN2O5/c1-2-15(20)24-12-6-3-10(4-7-12)16(21)18-14-9-11(19(22)23)5-8-13(14)17/h3-9H,2H2,1H3,(H,18,21). The van der Waals surface area contributed by atoms with E-state index in [0.717, 1.165) is 0 Å². The van der Waals surface area contributed by atoms with Crippen molar-refractivity contribution >= 4 is 34.9 Å². The molecule has 2 aromatic rings. The number of carbonyl (C=O) groups excluding carboxylic acids is 2. The van der Waals surface area contributed by atoms with Crippen molar-refractivity contribution < 1.29 is 19.2 Å². The molecule has 0 aromatic heterocycles. The van der Waals surface area contributed by atoms with E-state index in [9.17, 15) is 19.7 Å². The van der Waals surface area contributed by atoms with E-state index in [-0.39, 0.29) is 34.4 Å². The van der Waals surface area contributed by atoms with Crippen LogP contribution in [-0.4, -0.2) is 16.8 Å². The fourth-order valence-corrected chi connectivity index (χ4v) is 1.96. The number of carbonyl (C=O) groups is 2. The summed E-state index contributed by atoms with van der Waals surface area (Å²) in [5, 5.41) is 13.5. The predicted molar refractivity (Wildman–Crippen MR) is 88.4 cm³/mol. The monoisotopic (exact) mass is 348 g/mol. The average molecular weight is 349 g/mol. The smallest absolute Gasteiger partial charge is 0.310 e. The summed E-state index contributed by atoms with van der Waals surface area (Å²) in [5.74, 6) is -0.548. The van der Waals surface area contributed by atoms with Gasteiger partial charge in [0.05, 0.1) is 15.6 Å². The van der Waals surface area contributed by atoms with Gasteiger partial charge >= 0.3 is 5.97 Å². The molecule has 0 spiro atoms. The lowest BCUT2D eigenvalue weighted by molar-refractivity contribution is -0.384. The lowest BCUT2D eigenvalue weighted by Crippen LogP contribution is -2.12. The number of esters is 1. The molecule has 0 radical (unpaired) electrons. The maximum Gasteiger partial charge on any atom is 0.310 e. The highest BCUT2D eigenvalue weighted by Crippen LogP contribution is 2.27. The molecule has 0 atom stereocenters. The molecule has 0 heterocycles. The fourth-order valence-electron chi connectivity index (χ4n) is 1.80. The third-order valence-corrected chi connectivity index (χ3v) is 3.38. The molecule has 0 aliphatic heterocycles. The SMILES string of the molecule is CCC(=O)Oc1ccc(C(=O)Nc2cc([N+](=O)[O-])ccc2Cl)cc1. The zero-order valence-electron chi connectivity index (χ0n) is 12.6. The van der Waals surface area contributed by atoms with Gasteiger partial charge in [-0.05, 0) is 30.3 Å². The molecule has 124 valence electrons. The van der Waals surface area contributed by atoms with E-state index in [1.165, 1.54) is 42.5 Å². The number of nitrogens with zero attached hydrogens (tertiary/aromatic N) is 1. The highest BCUT2D eigenvalue weighted by atomic mass is 35.5. The van der Waals surface area contributed by atoms with Crippen LogP contribution in [0.25, 0.3) is 0 Å². The van der Waals surface area contributed by atoms with Crippen molar-refractivity contribution in [1.29, 1.82) is 0 Å². The Bertz CT molecular complexity index is 790. The third kappa shape index (κ3) is 4.30. The Hall–Kier alpha value is -2.93. The number of amides is 1. The van der Waals surface area contributed by atoms with Gasteiger partial charge in [0, 0.05) is 24.1 Å². The van der Waals surface area contributed by atoms with E-state index >= 15 is 0 Å². The first-order chi connectivity index (χ1) is 11.4. The third-order valence-electron chi connectivity index (χ3n) is 3.05. The maximum atomic E-state index is 12.2. The summed E-state index contributed by atoms with van der Waals surface area (Å²) in [6, 6.07) is 9.67. The normalized spacial score (nSPS) is 10.1. The van der Waals surface area contributed by atoms with Gasteiger partial charge in [-0.15, -0.1) is 0 Å². The number of rotatable bonds is 5. The van der Waals surface area contributed by atoms with Gasteiger partial charge in [0.2, 0.25) is 0 Å². The number of hydrogen-bond donors (Lipinski definition) is 1. The van der Waals surface area contributed by atoms with Crippen LogP contribution < -0.4 is 10.1 Å². The van der Waals surface area contributed by atoms with Crippen LogP contribution in [0.15, 0.2) is 42.5 Å². The zero-order valence-corrected chi connectivity index (χ0v) is 13.4. The van der Waals surface area contributed by atoms with E-state index < -0.39 is 10.8 Å². The molecular weight excluding hydrogens is 336 g/mol. The van der Waals surface area contributed by atoms with Crippen LogP contribution in [0, 0.1) is 10.1 Å². The average Bonchev–Trinajstić information content (AvgIpc) is 2.57. The van der Waals surface area contributed by atoms with Gasteiger partial charge in [0.15, 0.2) is 0 Å². The van der Waals surface area contributed by atoms with E-state index in [0.29, 0.717) is 5.75 Å². The second-order valence-electron chi connectivity index (χ2n) is 4.73. The highest BCUT2D eigenvalue weighted by Gasteiger charge is 2.13. The van der Waals surface area contributed by atoms with Crippen LogP contribution in [0.5, 0.6) is 5.75 Å². The van der Waals surface area contributed by atoms with Gasteiger partial charge < -0.3 is 10.1 Å². The van der Waals surface area contributed by atoms with Crippen molar-refractivity contribution in [2.45, 2.75) is 13.3 Å². The molecular formula is C16H13ClN2O5. The van der Waals surface area contributed by atoms with Gasteiger partial charge in [-0.2, -0.15) is 0 Å². The topological polar surface area (TPSA) is 98.5 Å². The van der Waals surface area contributed by atoms with E-state index in [2.05, 4.69) is 5.32 Å². The quantitative estimate of drug-likeness (QED) is 0.383. The molecule has 2 rings (SSSR count). The summed E-state index contributed by atoms with van der Waals surface area (Å²) in [6.07, 6.45) is 0.244. The molecule has 0 aliphatic rings. The molecule has 0 bridgehead atoms. The molecule has 0 aliphatic carbocycles. The number of anilines is 1. The minimum absolute atomic E-state index is 0.136. The van der Waals surface area contributed by atoms with Gasteiger partial charge in [-0.1, -0.05) is 18.5 Å². The second-order valence-corrected chi connectivity index (χ2v) is 5.13. The fraction of sp³-hybridized carbons (Fsp3) is 0.125. The Kier molecular flexibility index (Phi) is 5.49. The Morgan fingerprint density at radius 2 is 1.88 bits per heavy atom. The van der Waals surface area contributed by atoms with Crippen molar-refractivity contribution in [3.05, 3.63) is 63.2 Å². The second kappa shape index (κ2) is 7.56. The van der Waals surface area contributed by atoms with Gasteiger partial charge in [-0.25, -0.2) is 0 Å². The maximum absolute atomic E-state index is 12.2. The van der Waals surface area contributed by atoms with Crippen LogP contribution in [0.4, 0.5) is 11.4 Å². The number of benzene rings is 2. The van der Waals surface area contributed by atoms with Crippen molar-refractivity contribution in [3.63, 3.8) is 0 Å². The largest absolute Gasteiger partial charge is 0.427 e. The molecule has 8 heteroatoms. The molecule has 2 aromatic carbocycles. The van der Waals surface area contributed by atoms with Crippen LogP contribution in [-0.2, 0) is 4.79 Å². The molecule has 0 fully saturated rings. The number of hydrogen-bond acceptors (Lipinski definition) is 5. The predicted octanol–water partition coefficient (Wildman–Crippen LogP) is 3.82. The molecule has 0 saturated carbocycles. The molecule has 7 nitrogen and oxygen atoms in total. The number of non-ortho nitro benzene ring substituents is 1. The van der Waals surface area contributed by atoms with Gasteiger partial charge in [-0.3, -0.25) is 19.7 Å². The number of ether oxygens (including phenoxy) is 1. The Labute approximate surface area is 142 Å². The summed E-state index contributed by atoms with van der Waals surface area (Å²) in [4.78, 5) is 33.6. The van der Waals surface area contributed by atoms with E-state index in [1.807, 2.05) is 0 Å². The number of halogens is 1. The van der Waals surface area contributed by atoms with Crippen LogP contribution in [0.3, 0.4) is 0 Å². The van der Waals surface area contributed by atoms with E-state index in [1.54, 1.807) is 6.92 Å². The molecule has 0 unspecified atom stereocenters. The summed E-state index contributed by atoms with van der Waals surface area (Å²) in [5.41, 5.74) is 0.239. The minimum Gasteiger partial charge on any atom is -0.427 e. The van der Waals surface area contributed by atoms with Crippen molar-refractivity contribution in [1.82, 2.24) is 0 Å². The first-order valence-electron chi connectivity index (χ1n) is 6.96. The summed E-state index contributed by atoms with van der Waals surface area (Å²) >= 11 is 5.94. The first kappa shape index (κ1) is 17.4. The van der Waals surface area contributed by atoms with Crippen molar-refractivity contribution in [2.24, 2.45) is 0 Å². The molecule has 0 saturated heterocycles. The van der Waals surface area contributed by atoms with Crippen LogP contribution in [0.1, 0.15) is 23.7 Å². The lowest BCUT2D eigenvalue weighted by Gasteiger charge is -2.08. The molecule has 24 heavy (non-hydrogen) atoms. The van der Waals surface area contributed by atoms with Gasteiger partial charge in [0.1, 0.15) is 5.75 Å². The molecule has 1 amide bonds. The highest BCUT2D eigenvalue weighted by molar-refractivity contribution is 6.34. The van der Waals surface area contributed by atoms with Crippen molar-refractivity contribution in [3.8, 4) is 5.75 Å². The first-order valence-corrected chi connectivity index (χ1v) is 7.34. The summed E-state index contributed by atoms with van der Waals surface area (Å²) in [6.45, 7) is 1.67. The summed E-state index contributed by atoms with van der Waals surface area (Å²) < 4.78 is 5.01. The number of nitro benzene ring substituents is 1. The van der Waals surface area contributed by atoms with Crippen LogP contribution >= 0.6 is 11.6 Å². The molecule has 1 N–H and O–H groups in total. The van der Waals surface area contributed by atoms with E-state index in [4.69, 9.17) is 16.3 Å². The van der Waals surface area contributed by atoms with Crippen LogP contribution in [0.2, 0.25) is 5.02 Å². The zero-order chi connectivity index (χ0) is 17.7. The Balaban J connectivity index is 2.14. The summed E-state index contributed by atoms with van der Waals surface area (Å²) in [7, 11) is 0. The number of nitrogens with one attached hydrogen (secondary N) is 1. The minimum atomic E-state index is -0.580.